The molecule has 0 saturated heterocycles. The zero-order valence-electron chi connectivity index (χ0n) is 12.6. The molecule has 0 fully saturated rings. The molecule has 2 rings (SSSR count). The van der Waals surface area contributed by atoms with Crippen LogP contribution in [0.1, 0.15) is 26.7 Å². The van der Waals surface area contributed by atoms with Crippen LogP contribution in [0.15, 0.2) is 46.4 Å². The second-order valence-electron chi connectivity index (χ2n) is 6.29. The topological polar surface area (TPSA) is 9.23 Å². The summed E-state index contributed by atoms with van der Waals surface area (Å²) in [5, 5.41) is 0. The summed E-state index contributed by atoms with van der Waals surface area (Å²) in [5.41, 5.74) is 2.70. The lowest BCUT2D eigenvalue weighted by atomic mass is 9.98. The van der Waals surface area contributed by atoms with E-state index in [2.05, 4.69) is 63.9 Å². The summed E-state index contributed by atoms with van der Waals surface area (Å²) in [6.07, 6.45) is 13.3. The molecule has 0 aromatic rings. The van der Waals surface area contributed by atoms with Crippen molar-refractivity contribution in [2.75, 3.05) is 0 Å². The van der Waals surface area contributed by atoms with Crippen LogP contribution in [0.25, 0.3) is 0 Å². The lowest BCUT2D eigenvalue weighted by Gasteiger charge is -2.41. The van der Waals surface area contributed by atoms with Gasteiger partial charge < -0.3 is 4.43 Å². The molecular weight excluding hydrogens is 268 g/mol. The van der Waals surface area contributed by atoms with Crippen LogP contribution in [0.2, 0.25) is 19.6 Å². The quantitative estimate of drug-likeness (QED) is 0.506. The van der Waals surface area contributed by atoms with E-state index in [0.29, 0.717) is 0 Å². The molecule has 2 aliphatic carbocycles. The Kier molecular flexibility index (Phi) is 4.28. The summed E-state index contributed by atoms with van der Waals surface area (Å²) in [4.78, 5) is 1.16. The van der Waals surface area contributed by atoms with Gasteiger partial charge in [-0.05, 0) is 45.5 Å². The van der Waals surface area contributed by atoms with Gasteiger partial charge in [-0.15, -0.1) is 0 Å². The first-order valence-corrected chi connectivity index (χ1v) is 11.1. The van der Waals surface area contributed by atoms with Crippen LogP contribution in [-0.4, -0.2) is 13.3 Å². The average Bonchev–Trinajstić information content (AvgIpc) is 2.74. The molecule has 0 aromatic heterocycles. The minimum atomic E-state index is -1.59. The van der Waals surface area contributed by atoms with Gasteiger partial charge in [-0.2, -0.15) is 0 Å². The molecule has 0 spiro atoms. The summed E-state index contributed by atoms with van der Waals surface area (Å²) in [6.45, 7) is 11.2. The number of rotatable bonds is 4. The van der Waals surface area contributed by atoms with E-state index < -0.39 is 8.32 Å². The molecule has 0 aliphatic heterocycles. The third-order valence-corrected chi connectivity index (χ3v) is 5.78. The van der Waals surface area contributed by atoms with E-state index in [4.69, 9.17) is 4.43 Å². The molecular formula is C16H24OSSi. The van der Waals surface area contributed by atoms with Gasteiger partial charge in [-0.1, -0.05) is 47.7 Å². The lowest BCUT2D eigenvalue weighted by Crippen LogP contribution is -2.42. The SMILES string of the molecule is CC1=CCC(O[Si](C)(C)C)(SC2=CCC=C2)C(C)=C1. The van der Waals surface area contributed by atoms with Gasteiger partial charge in [0, 0.05) is 11.3 Å². The monoisotopic (exact) mass is 292 g/mol. The maximum atomic E-state index is 6.60. The molecule has 0 saturated carbocycles. The van der Waals surface area contributed by atoms with Crippen LogP contribution < -0.4 is 0 Å². The third kappa shape index (κ3) is 3.74. The van der Waals surface area contributed by atoms with E-state index in [-0.39, 0.29) is 4.93 Å². The van der Waals surface area contributed by atoms with Crippen LogP contribution in [0.5, 0.6) is 0 Å². The summed E-state index contributed by atoms with van der Waals surface area (Å²) in [5.74, 6) is 0. The molecule has 1 nitrogen and oxygen atoms in total. The van der Waals surface area contributed by atoms with Gasteiger partial charge in [0.15, 0.2) is 8.32 Å². The number of hydrogen-bond donors (Lipinski definition) is 0. The van der Waals surface area contributed by atoms with Crippen molar-refractivity contribution in [1.29, 1.82) is 0 Å². The van der Waals surface area contributed by atoms with Crippen molar-refractivity contribution in [3.05, 3.63) is 46.4 Å². The predicted octanol–water partition coefficient (Wildman–Crippen LogP) is 5.41. The van der Waals surface area contributed by atoms with E-state index in [9.17, 15) is 0 Å². The highest BCUT2D eigenvalue weighted by Gasteiger charge is 2.39. The first-order valence-electron chi connectivity index (χ1n) is 6.92. The van der Waals surface area contributed by atoms with Crippen LogP contribution in [0, 0.1) is 0 Å². The van der Waals surface area contributed by atoms with Crippen molar-refractivity contribution in [1.82, 2.24) is 0 Å². The largest absolute Gasteiger partial charge is 0.399 e. The molecule has 104 valence electrons. The Morgan fingerprint density at radius 2 is 1.95 bits per heavy atom. The smallest absolute Gasteiger partial charge is 0.186 e. The standard InChI is InChI=1S/C16H24OSSi/c1-13-10-11-16(14(2)12-13,17-19(3,4)5)18-15-8-6-7-9-15/h6,8-10,12H,7,11H2,1-5H3. The van der Waals surface area contributed by atoms with Gasteiger partial charge in [0.25, 0.3) is 0 Å². The Hall–Kier alpha value is -0.513. The second kappa shape index (κ2) is 5.47. The first-order chi connectivity index (χ1) is 8.81. The zero-order chi connectivity index (χ0) is 14.1. The molecule has 19 heavy (non-hydrogen) atoms. The molecule has 1 atom stereocenters. The van der Waals surface area contributed by atoms with Crippen LogP contribution in [0.4, 0.5) is 0 Å². The van der Waals surface area contributed by atoms with Crippen molar-refractivity contribution in [2.24, 2.45) is 0 Å². The normalized spacial score (nSPS) is 27.1. The van der Waals surface area contributed by atoms with Gasteiger partial charge in [0.1, 0.15) is 4.93 Å². The van der Waals surface area contributed by atoms with Crippen molar-refractivity contribution in [2.45, 2.75) is 51.3 Å². The van der Waals surface area contributed by atoms with Crippen LogP contribution in [0.3, 0.4) is 0 Å². The number of hydrogen-bond acceptors (Lipinski definition) is 2. The van der Waals surface area contributed by atoms with E-state index in [1.54, 1.807) is 0 Å². The summed E-state index contributed by atoms with van der Waals surface area (Å²) >= 11 is 1.89. The average molecular weight is 293 g/mol. The second-order valence-corrected chi connectivity index (χ2v) is 12.1. The van der Waals surface area contributed by atoms with E-state index in [0.717, 1.165) is 12.8 Å². The molecule has 2 aliphatic rings. The number of allylic oxidation sites excluding steroid dienone is 5. The predicted molar refractivity (Wildman–Crippen MR) is 88.7 cm³/mol. The fourth-order valence-corrected chi connectivity index (χ4v) is 5.69. The summed E-state index contributed by atoms with van der Waals surface area (Å²) in [7, 11) is -1.59. The van der Waals surface area contributed by atoms with E-state index >= 15 is 0 Å². The van der Waals surface area contributed by atoms with Gasteiger partial charge in [0.05, 0.1) is 0 Å². The molecule has 0 amide bonds. The molecule has 1 unspecified atom stereocenters. The van der Waals surface area contributed by atoms with Crippen LogP contribution in [-0.2, 0) is 4.43 Å². The fourth-order valence-electron chi connectivity index (χ4n) is 2.43. The Balaban J connectivity index is 2.28. The van der Waals surface area contributed by atoms with Crippen molar-refractivity contribution in [3.8, 4) is 0 Å². The molecule has 0 radical (unpaired) electrons. The molecule has 3 heteroatoms. The highest BCUT2D eigenvalue weighted by Crippen LogP contribution is 2.47. The van der Waals surface area contributed by atoms with E-state index in [1.807, 2.05) is 11.8 Å². The van der Waals surface area contributed by atoms with Crippen molar-refractivity contribution < 1.29 is 4.43 Å². The van der Waals surface area contributed by atoms with Crippen molar-refractivity contribution >= 4 is 20.1 Å². The fraction of sp³-hybridized carbons (Fsp3) is 0.500. The summed E-state index contributed by atoms with van der Waals surface area (Å²) in [6, 6.07) is 0. The van der Waals surface area contributed by atoms with Gasteiger partial charge in [-0.25, -0.2) is 0 Å². The molecule has 0 aromatic carbocycles. The highest BCUT2D eigenvalue weighted by molar-refractivity contribution is 8.04. The Morgan fingerprint density at radius 3 is 2.47 bits per heavy atom. The zero-order valence-corrected chi connectivity index (χ0v) is 14.4. The van der Waals surface area contributed by atoms with Crippen molar-refractivity contribution in [3.63, 3.8) is 0 Å². The van der Waals surface area contributed by atoms with Gasteiger partial charge in [-0.3, -0.25) is 0 Å². The number of thioether (sulfide) groups is 1. The lowest BCUT2D eigenvalue weighted by molar-refractivity contribution is 0.197. The highest BCUT2D eigenvalue weighted by atomic mass is 32.2. The van der Waals surface area contributed by atoms with Gasteiger partial charge >= 0.3 is 0 Å². The van der Waals surface area contributed by atoms with E-state index in [1.165, 1.54) is 16.1 Å². The minimum absolute atomic E-state index is 0.190. The first kappa shape index (κ1) is 14.9. The third-order valence-electron chi connectivity index (χ3n) is 3.23. The van der Waals surface area contributed by atoms with Gasteiger partial charge in [0.2, 0.25) is 0 Å². The Morgan fingerprint density at radius 1 is 1.21 bits per heavy atom. The van der Waals surface area contributed by atoms with Crippen LogP contribution >= 0.6 is 11.8 Å². The Labute approximate surface area is 122 Å². The minimum Gasteiger partial charge on any atom is -0.399 e. The Bertz CT molecular complexity index is 479. The molecule has 0 bridgehead atoms. The molecule has 0 heterocycles. The molecule has 0 N–H and O–H groups in total. The maximum absolute atomic E-state index is 6.60. The maximum Gasteiger partial charge on any atom is 0.186 e. The summed E-state index contributed by atoms with van der Waals surface area (Å²) < 4.78 is 6.60.